The van der Waals surface area contributed by atoms with E-state index in [9.17, 15) is 4.79 Å². The first kappa shape index (κ1) is 18.5. The molecule has 0 aliphatic rings. The van der Waals surface area contributed by atoms with Gasteiger partial charge >= 0.3 is 6.09 Å². The Morgan fingerprint density at radius 3 is 2.45 bits per heavy atom. The van der Waals surface area contributed by atoms with Crippen molar-refractivity contribution >= 4 is 12.1 Å². The third-order valence-corrected chi connectivity index (χ3v) is 2.02. The molecule has 0 heterocycles. The third-order valence-electron chi connectivity index (χ3n) is 2.02. The summed E-state index contributed by atoms with van der Waals surface area (Å²) in [4.78, 5) is 15.7. The van der Waals surface area contributed by atoms with Gasteiger partial charge in [0, 0.05) is 26.2 Å². The monoisotopic (exact) mass is 288 g/mol. The molecular weight excluding hydrogens is 260 g/mol. The van der Waals surface area contributed by atoms with E-state index in [2.05, 4.69) is 20.9 Å². The highest BCUT2D eigenvalue weighted by atomic mass is 16.6. The van der Waals surface area contributed by atoms with Gasteiger partial charge in [-0.3, -0.25) is 4.99 Å². The predicted molar refractivity (Wildman–Crippen MR) is 79.9 cm³/mol. The smallest absolute Gasteiger partial charge is 0.407 e. The minimum atomic E-state index is -0.478. The molecule has 7 nitrogen and oxygen atoms in total. The van der Waals surface area contributed by atoms with Gasteiger partial charge in [0.15, 0.2) is 5.96 Å². The summed E-state index contributed by atoms with van der Waals surface area (Å²) >= 11 is 0. The van der Waals surface area contributed by atoms with Crippen molar-refractivity contribution in [1.82, 2.24) is 16.0 Å². The summed E-state index contributed by atoms with van der Waals surface area (Å²) in [5, 5.41) is 17.5. The Hall–Kier alpha value is -1.50. The average molecular weight is 288 g/mol. The highest BCUT2D eigenvalue weighted by Gasteiger charge is 2.15. The van der Waals surface area contributed by atoms with Crippen molar-refractivity contribution in [2.45, 2.75) is 39.7 Å². The van der Waals surface area contributed by atoms with Gasteiger partial charge in [-0.25, -0.2) is 4.79 Å². The molecule has 0 bridgehead atoms. The Morgan fingerprint density at radius 2 is 1.90 bits per heavy atom. The van der Waals surface area contributed by atoms with Gasteiger partial charge in [-0.2, -0.15) is 0 Å². The quantitative estimate of drug-likeness (QED) is 0.310. The summed E-state index contributed by atoms with van der Waals surface area (Å²) in [5.74, 6) is 0.666. The van der Waals surface area contributed by atoms with Gasteiger partial charge in [0.25, 0.3) is 0 Å². The number of amides is 1. The molecule has 20 heavy (non-hydrogen) atoms. The molecule has 0 aromatic rings. The standard InChI is InChI=1S/C13H28N4O3/c1-5-14-11(16-9-10-18)15-7-6-8-17-12(19)20-13(2,3)4/h18H,5-10H2,1-4H3,(H,17,19)(H2,14,15,16). The Bertz CT molecular complexity index is 300. The van der Waals surface area contributed by atoms with Crippen LogP contribution >= 0.6 is 0 Å². The van der Waals surface area contributed by atoms with Crippen LogP contribution in [0.2, 0.25) is 0 Å². The fraction of sp³-hybridized carbons (Fsp3) is 0.846. The number of nitrogens with one attached hydrogen (secondary N) is 3. The van der Waals surface area contributed by atoms with Crippen LogP contribution in [0.15, 0.2) is 4.99 Å². The zero-order valence-corrected chi connectivity index (χ0v) is 13.0. The van der Waals surface area contributed by atoms with Gasteiger partial charge < -0.3 is 25.8 Å². The zero-order valence-electron chi connectivity index (χ0n) is 13.0. The summed E-state index contributed by atoms with van der Waals surface area (Å²) in [7, 11) is 0. The Balaban J connectivity index is 3.83. The molecule has 0 saturated heterocycles. The van der Waals surface area contributed by atoms with Crippen LogP contribution in [0, 0.1) is 0 Å². The maximum absolute atomic E-state index is 11.4. The molecule has 0 aliphatic heterocycles. The normalized spacial score (nSPS) is 11.9. The maximum atomic E-state index is 11.4. The van der Waals surface area contributed by atoms with E-state index < -0.39 is 11.7 Å². The topological polar surface area (TPSA) is 95.0 Å². The van der Waals surface area contributed by atoms with Crippen LogP contribution in [0.4, 0.5) is 4.79 Å². The minimum Gasteiger partial charge on any atom is -0.444 e. The molecule has 0 unspecified atom stereocenters. The van der Waals surface area contributed by atoms with Crippen molar-refractivity contribution in [2.24, 2.45) is 4.99 Å². The van der Waals surface area contributed by atoms with E-state index in [1.807, 2.05) is 27.7 Å². The average Bonchev–Trinajstić information content (AvgIpc) is 2.33. The number of aliphatic hydroxyl groups is 1. The zero-order chi connectivity index (χ0) is 15.4. The van der Waals surface area contributed by atoms with Crippen LogP contribution in [0.1, 0.15) is 34.1 Å². The summed E-state index contributed by atoms with van der Waals surface area (Å²) < 4.78 is 5.12. The lowest BCUT2D eigenvalue weighted by Crippen LogP contribution is -2.39. The van der Waals surface area contributed by atoms with Gasteiger partial charge in [-0.1, -0.05) is 0 Å². The van der Waals surface area contributed by atoms with Gasteiger partial charge in [0.2, 0.25) is 0 Å². The van der Waals surface area contributed by atoms with E-state index in [0.29, 0.717) is 25.6 Å². The number of rotatable bonds is 7. The first-order valence-electron chi connectivity index (χ1n) is 6.99. The molecule has 4 N–H and O–H groups in total. The summed E-state index contributed by atoms with van der Waals surface area (Å²) in [6, 6.07) is 0. The van der Waals surface area contributed by atoms with Gasteiger partial charge in [-0.15, -0.1) is 0 Å². The van der Waals surface area contributed by atoms with Crippen molar-refractivity contribution in [3.05, 3.63) is 0 Å². The van der Waals surface area contributed by atoms with Gasteiger partial charge in [0.1, 0.15) is 5.60 Å². The molecule has 1 amide bonds. The molecule has 0 fully saturated rings. The van der Waals surface area contributed by atoms with E-state index in [1.165, 1.54) is 0 Å². The predicted octanol–water partition coefficient (Wildman–Crippen LogP) is 0.449. The van der Waals surface area contributed by atoms with E-state index in [1.54, 1.807) is 0 Å². The lowest BCUT2D eigenvalue weighted by Gasteiger charge is -2.19. The number of hydrogen-bond donors (Lipinski definition) is 4. The first-order valence-corrected chi connectivity index (χ1v) is 6.99. The van der Waals surface area contributed by atoms with Crippen molar-refractivity contribution in [3.63, 3.8) is 0 Å². The maximum Gasteiger partial charge on any atom is 0.407 e. The van der Waals surface area contributed by atoms with E-state index in [-0.39, 0.29) is 6.61 Å². The van der Waals surface area contributed by atoms with Crippen molar-refractivity contribution in [1.29, 1.82) is 0 Å². The van der Waals surface area contributed by atoms with E-state index in [4.69, 9.17) is 9.84 Å². The Labute approximate surface area is 121 Å². The number of alkyl carbamates (subject to hydrolysis) is 1. The highest BCUT2D eigenvalue weighted by Crippen LogP contribution is 2.06. The molecule has 0 saturated carbocycles. The largest absolute Gasteiger partial charge is 0.444 e. The number of aliphatic hydroxyl groups excluding tert-OH is 1. The molecule has 0 aliphatic carbocycles. The first-order chi connectivity index (χ1) is 9.39. The second kappa shape index (κ2) is 10.3. The summed E-state index contributed by atoms with van der Waals surface area (Å²) in [6.07, 6.45) is 0.307. The second-order valence-electron chi connectivity index (χ2n) is 5.19. The van der Waals surface area contributed by atoms with Crippen molar-refractivity contribution < 1.29 is 14.6 Å². The Kier molecular flexibility index (Phi) is 9.53. The number of carbonyl (C=O) groups excluding carboxylic acids is 1. The van der Waals surface area contributed by atoms with Crippen molar-refractivity contribution in [3.8, 4) is 0 Å². The number of ether oxygens (including phenoxy) is 1. The SMILES string of the molecule is CCNC(=NCCCNC(=O)OC(C)(C)C)NCCO. The van der Waals surface area contributed by atoms with Gasteiger partial charge in [0.05, 0.1) is 6.61 Å². The molecule has 0 aromatic carbocycles. The molecule has 0 atom stereocenters. The summed E-state index contributed by atoms with van der Waals surface area (Å²) in [5.41, 5.74) is -0.478. The fourth-order valence-electron chi connectivity index (χ4n) is 1.29. The number of aliphatic imine (C=N–C) groups is 1. The molecular formula is C13H28N4O3. The van der Waals surface area contributed by atoms with Crippen LogP contribution in [-0.2, 0) is 4.74 Å². The van der Waals surface area contributed by atoms with Crippen molar-refractivity contribution in [2.75, 3.05) is 32.8 Å². The molecule has 7 heteroatoms. The minimum absolute atomic E-state index is 0.0601. The van der Waals surface area contributed by atoms with Crippen LogP contribution in [0.25, 0.3) is 0 Å². The van der Waals surface area contributed by atoms with E-state index >= 15 is 0 Å². The van der Waals surface area contributed by atoms with Crippen LogP contribution in [0.5, 0.6) is 0 Å². The molecule has 118 valence electrons. The molecule has 0 aromatic heterocycles. The highest BCUT2D eigenvalue weighted by molar-refractivity contribution is 5.79. The molecule has 0 spiro atoms. The number of nitrogens with zero attached hydrogens (tertiary/aromatic N) is 1. The van der Waals surface area contributed by atoms with Crippen LogP contribution in [0.3, 0.4) is 0 Å². The second-order valence-corrected chi connectivity index (χ2v) is 5.19. The number of carbonyl (C=O) groups is 1. The van der Waals surface area contributed by atoms with Gasteiger partial charge in [-0.05, 0) is 34.1 Å². The third kappa shape index (κ3) is 11.6. The number of hydrogen-bond acceptors (Lipinski definition) is 4. The molecule has 0 radical (unpaired) electrons. The van der Waals surface area contributed by atoms with Crippen LogP contribution in [-0.4, -0.2) is 55.5 Å². The fourth-order valence-corrected chi connectivity index (χ4v) is 1.29. The summed E-state index contributed by atoms with van der Waals surface area (Å²) in [6.45, 7) is 9.82. The van der Waals surface area contributed by atoms with E-state index in [0.717, 1.165) is 13.0 Å². The lowest BCUT2D eigenvalue weighted by molar-refractivity contribution is 0.0527. The van der Waals surface area contributed by atoms with Crippen LogP contribution < -0.4 is 16.0 Å². The molecule has 0 rings (SSSR count). The lowest BCUT2D eigenvalue weighted by atomic mass is 10.2. The number of guanidine groups is 1. The Morgan fingerprint density at radius 1 is 1.20 bits per heavy atom.